The number of carbonyl (C=O) groups excluding carboxylic acids is 1. The van der Waals surface area contributed by atoms with Crippen LogP contribution in [0.2, 0.25) is 0 Å². The molecular formula is C12H10INO4. The predicted molar refractivity (Wildman–Crippen MR) is 71.7 cm³/mol. The van der Waals surface area contributed by atoms with Crippen molar-refractivity contribution in [2.24, 2.45) is 0 Å². The summed E-state index contributed by atoms with van der Waals surface area (Å²) in [5.74, 6) is 0.0919. The number of aromatic nitrogens is 1. The Labute approximate surface area is 117 Å². The third-order valence-electron chi connectivity index (χ3n) is 2.00. The zero-order chi connectivity index (χ0) is 13.0. The predicted octanol–water partition coefficient (Wildman–Crippen LogP) is 3.25. The van der Waals surface area contributed by atoms with E-state index in [-0.39, 0.29) is 11.8 Å². The van der Waals surface area contributed by atoms with Crippen LogP contribution in [0, 0.1) is 3.57 Å². The van der Waals surface area contributed by atoms with Crippen molar-refractivity contribution < 1.29 is 18.7 Å². The number of nitrogens with zero attached hydrogens (tertiary/aromatic N) is 1. The fourth-order valence-corrected chi connectivity index (χ4v) is 1.72. The van der Waals surface area contributed by atoms with Crippen molar-refractivity contribution in [3.8, 4) is 11.8 Å². The van der Waals surface area contributed by atoms with Crippen LogP contribution in [0.1, 0.15) is 17.4 Å². The van der Waals surface area contributed by atoms with Gasteiger partial charge in [-0.05, 0) is 41.6 Å². The summed E-state index contributed by atoms with van der Waals surface area (Å²) in [6.45, 7) is 2.01. The van der Waals surface area contributed by atoms with Crippen LogP contribution in [0.5, 0.6) is 11.8 Å². The van der Waals surface area contributed by atoms with Crippen molar-refractivity contribution in [2.45, 2.75) is 6.92 Å². The molecule has 0 fully saturated rings. The number of carbonyl (C=O) groups is 1. The molecule has 0 N–H and O–H groups in total. The van der Waals surface area contributed by atoms with Gasteiger partial charge in [-0.1, -0.05) is 12.1 Å². The lowest BCUT2D eigenvalue weighted by atomic mass is 10.3. The Hall–Kier alpha value is -1.57. The summed E-state index contributed by atoms with van der Waals surface area (Å²) in [4.78, 5) is 15.3. The quantitative estimate of drug-likeness (QED) is 0.620. The van der Waals surface area contributed by atoms with E-state index in [1.165, 1.54) is 6.26 Å². The molecule has 0 radical (unpaired) electrons. The molecule has 0 aliphatic carbocycles. The Morgan fingerprint density at radius 2 is 2.22 bits per heavy atom. The SMILES string of the molecule is CCOC(=O)c1coc(Oc2ccccc2I)n1. The normalized spacial score (nSPS) is 10.1. The molecule has 0 aliphatic rings. The Balaban J connectivity index is 2.12. The van der Waals surface area contributed by atoms with Gasteiger partial charge in [-0.2, -0.15) is 4.98 Å². The van der Waals surface area contributed by atoms with Gasteiger partial charge in [-0.3, -0.25) is 0 Å². The highest BCUT2D eigenvalue weighted by Gasteiger charge is 2.15. The molecule has 0 bridgehead atoms. The van der Waals surface area contributed by atoms with E-state index in [0.717, 1.165) is 3.57 Å². The van der Waals surface area contributed by atoms with Crippen molar-refractivity contribution in [2.75, 3.05) is 6.61 Å². The number of oxazole rings is 1. The maximum atomic E-state index is 11.4. The zero-order valence-corrected chi connectivity index (χ0v) is 11.7. The maximum Gasteiger partial charge on any atom is 0.399 e. The second-order valence-corrected chi connectivity index (χ2v) is 4.41. The van der Waals surface area contributed by atoms with Gasteiger partial charge in [0.15, 0.2) is 5.69 Å². The molecule has 0 aliphatic heterocycles. The Morgan fingerprint density at radius 3 is 2.94 bits per heavy atom. The van der Waals surface area contributed by atoms with Crippen LogP contribution in [0.25, 0.3) is 0 Å². The largest absolute Gasteiger partial charge is 0.461 e. The van der Waals surface area contributed by atoms with Crippen LogP contribution < -0.4 is 4.74 Å². The van der Waals surface area contributed by atoms with E-state index in [2.05, 4.69) is 27.6 Å². The molecule has 0 amide bonds. The first kappa shape index (κ1) is 12.9. The monoisotopic (exact) mass is 359 g/mol. The molecule has 0 unspecified atom stereocenters. The summed E-state index contributed by atoms with van der Waals surface area (Å²) in [5.41, 5.74) is 0.0952. The molecule has 6 heteroatoms. The third kappa shape index (κ3) is 3.00. The van der Waals surface area contributed by atoms with E-state index in [9.17, 15) is 4.79 Å². The number of rotatable bonds is 4. The number of hydrogen-bond acceptors (Lipinski definition) is 5. The van der Waals surface area contributed by atoms with E-state index in [1.54, 1.807) is 13.0 Å². The van der Waals surface area contributed by atoms with E-state index < -0.39 is 5.97 Å². The summed E-state index contributed by atoms with van der Waals surface area (Å²) in [7, 11) is 0. The molecule has 0 atom stereocenters. The minimum absolute atomic E-state index is 0.0159. The molecule has 0 spiro atoms. The summed E-state index contributed by atoms with van der Waals surface area (Å²) in [6, 6.07) is 7.42. The maximum absolute atomic E-state index is 11.4. The summed E-state index contributed by atoms with van der Waals surface area (Å²) >= 11 is 2.13. The number of benzene rings is 1. The van der Waals surface area contributed by atoms with Crippen LogP contribution in [-0.2, 0) is 4.74 Å². The fraction of sp³-hybridized carbons (Fsp3) is 0.167. The first-order valence-corrected chi connectivity index (χ1v) is 6.33. The van der Waals surface area contributed by atoms with Gasteiger partial charge in [0.25, 0.3) is 0 Å². The highest BCUT2D eigenvalue weighted by atomic mass is 127. The van der Waals surface area contributed by atoms with Crippen molar-refractivity contribution in [3.63, 3.8) is 0 Å². The van der Waals surface area contributed by atoms with E-state index in [1.807, 2.05) is 18.2 Å². The van der Waals surface area contributed by atoms with Gasteiger partial charge in [0.05, 0.1) is 10.2 Å². The standard InChI is InChI=1S/C12H10INO4/c1-2-16-11(15)9-7-17-12(14-9)18-10-6-4-3-5-8(10)13/h3-7H,2H2,1H3. The average molecular weight is 359 g/mol. The molecule has 2 aromatic rings. The highest BCUT2D eigenvalue weighted by molar-refractivity contribution is 14.1. The third-order valence-corrected chi connectivity index (χ3v) is 2.89. The minimum Gasteiger partial charge on any atom is -0.461 e. The first-order chi connectivity index (χ1) is 8.70. The topological polar surface area (TPSA) is 61.6 Å². The molecular weight excluding hydrogens is 349 g/mol. The van der Waals surface area contributed by atoms with Crippen LogP contribution >= 0.6 is 22.6 Å². The molecule has 0 saturated carbocycles. The minimum atomic E-state index is -0.529. The number of halogens is 1. The zero-order valence-electron chi connectivity index (χ0n) is 9.55. The van der Waals surface area contributed by atoms with Gasteiger partial charge in [-0.15, -0.1) is 0 Å². The van der Waals surface area contributed by atoms with Crippen LogP contribution in [-0.4, -0.2) is 17.6 Å². The lowest BCUT2D eigenvalue weighted by Gasteiger charge is -2.01. The second kappa shape index (κ2) is 5.85. The van der Waals surface area contributed by atoms with Crippen LogP contribution in [0.4, 0.5) is 0 Å². The number of ether oxygens (including phenoxy) is 2. The fourth-order valence-electron chi connectivity index (χ4n) is 1.22. The first-order valence-electron chi connectivity index (χ1n) is 5.25. The molecule has 2 rings (SSSR count). The van der Waals surface area contributed by atoms with Gasteiger partial charge in [-0.25, -0.2) is 4.79 Å². The molecule has 5 nitrogen and oxygen atoms in total. The summed E-state index contributed by atoms with van der Waals surface area (Å²) in [6.07, 6.45) is 1.23. The number of hydrogen-bond donors (Lipinski definition) is 0. The molecule has 94 valence electrons. The van der Waals surface area contributed by atoms with Gasteiger partial charge in [0, 0.05) is 0 Å². The second-order valence-electron chi connectivity index (χ2n) is 3.25. The molecule has 1 aromatic heterocycles. The molecule has 18 heavy (non-hydrogen) atoms. The van der Waals surface area contributed by atoms with Crippen LogP contribution in [0.3, 0.4) is 0 Å². The van der Waals surface area contributed by atoms with Gasteiger partial charge in [0.1, 0.15) is 12.0 Å². The van der Waals surface area contributed by atoms with E-state index in [0.29, 0.717) is 12.4 Å². The van der Waals surface area contributed by atoms with Crippen LogP contribution in [0.15, 0.2) is 34.9 Å². The van der Waals surface area contributed by atoms with Crippen molar-refractivity contribution in [1.29, 1.82) is 0 Å². The Bertz CT molecular complexity index is 553. The number of para-hydroxylation sites is 1. The van der Waals surface area contributed by atoms with E-state index >= 15 is 0 Å². The summed E-state index contributed by atoms with van der Waals surface area (Å²) in [5, 5.41) is 0. The smallest absolute Gasteiger partial charge is 0.399 e. The lowest BCUT2D eigenvalue weighted by molar-refractivity contribution is 0.0519. The molecule has 1 heterocycles. The van der Waals surface area contributed by atoms with Gasteiger partial charge >= 0.3 is 12.0 Å². The van der Waals surface area contributed by atoms with Crippen molar-refractivity contribution in [1.82, 2.24) is 4.98 Å². The average Bonchev–Trinajstić information content (AvgIpc) is 2.81. The number of esters is 1. The molecule has 1 aromatic carbocycles. The lowest BCUT2D eigenvalue weighted by Crippen LogP contribution is -2.04. The highest BCUT2D eigenvalue weighted by Crippen LogP contribution is 2.25. The Kier molecular flexibility index (Phi) is 4.19. The molecule has 0 saturated heterocycles. The van der Waals surface area contributed by atoms with Crippen molar-refractivity contribution >= 4 is 28.6 Å². The van der Waals surface area contributed by atoms with E-state index in [4.69, 9.17) is 13.9 Å². The van der Waals surface area contributed by atoms with Crippen molar-refractivity contribution in [3.05, 3.63) is 39.8 Å². The van der Waals surface area contributed by atoms with Gasteiger partial charge in [0.2, 0.25) is 0 Å². The Morgan fingerprint density at radius 1 is 1.44 bits per heavy atom. The summed E-state index contributed by atoms with van der Waals surface area (Å²) < 4.78 is 16.2. The van der Waals surface area contributed by atoms with Gasteiger partial charge < -0.3 is 13.9 Å².